The Labute approximate surface area is 702 Å². The summed E-state index contributed by atoms with van der Waals surface area (Å²) in [6, 6.07) is -1.01. The van der Waals surface area contributed by atoms with Crippen molar-refractivity contribution in [1.82, 2.24) is 5.32 Å². The summed E-state index contributed by atoms with van der Waals surface area (Å²) in [6.07, 6.45) is 82.8. The van der Waals surface area contributed by atoms with Crippen molar-refractivity contribution in [2.24, 2.45) is 0 Å². The lowest BCUT2D eigenvalue weighted by Gasteiger charge is -2.48. The third-order valence-corrected chi connectivity index (χ3v) is 21.8. The molecule has 0 radical (unpaired) electrons. The van der Waals surface area contributed by atoms with E-state index in [4.69, 9.17) is 28.4 Å². The maximum Gasteiger partial charge on any atom is 0.220 e. The number of aliphatic hydroxyl groups excluding tert-OH is 11. The number of hydrogen-bond acceptors (Lipinski definition) is 18. The highest BCUT2D eigenvalue weighted by atomic mass is 16.8. The summed E-state index contributed by atoms with van der Waals surface area (Å²) >= 11 is 0. The van der Waals surface area contributed by atoms with Crippen molar-refractivity contribution in [3.8, 4) is 0 Å². The van der Waals surface area contributed by atoms with Crippen molar-refractivity contribution < 1.29 is 89.4 Å². The van der Waals surface area contributed by atoms with E-state index < -0.39 is 124 Å². The van der Waals surface area contributed by atoms with Crippen molar-refractivity contribution in [3.05, 3.63) is 146 Å². The summed E-state index contributed by atoms with van der Waals surface area (Å²) in [6.45, 7) is 1.62. The van der Waals surface area contributed by atoms with Crippen LogP contribution < -0.4 is 5.32 Å². The van der Waals surface area contributed by atoms with Gasteiger partial charge in [0.1, 0.15) is 73.2 Å². The van der Waals surface area contributed by atoms with Crippen LogP contribution in [0.1, 0.15) is 328 Å². The number of allylic oxidation sites excluding steroid dienone is 23. The first kappa shape index (κ1) is 106. The minimum atomic E-state index is -1.99. The fourth-order valence-corrected chi connectivity index (χ4v) is 14.6. The summed E-state index contributed by atoms with van der Waals surface area (Å²) in [5.74, 6) is -0.296. The minimum Gasteiger partial charge on any atom is -0.394 e. The average molecular weight is 1630 g/mol. The molecule has 3 fully saturated rings. The molecular weight excluding hydrogens is 1470 g/mol. The van der Waals surface area contributed by atoms with Crippen LogP contribution in [0.4, 0.5) is 0 Å². The Balaban J connectivity index is 1.34. The van der Waals surface area contributed by atoms with E-state index in [2.05, 4.69) is 153 Å². The highest BCUT2D eigenvalue weighted by molar-refractivity contribution is 5.76. The van der Waals surface area contributed by atoms with Gasteiger partial charge >= 0.3 is 0 Å². The van der Waals surface area contributed by atoms with Crippen molar-refractivity contribution in [3.63, 3.8) is 0 Å². The van der Waals surface area contributed by atoms with Gasteiger partial charge in [-0.15, -0.1) is 0 Å². The summed E-state index contributed by atoms with van der Waals surface area (Å²) in [5, 5.41) is 121. The third-order valence-electron chi connectivity index (χ3n) is 21.8. The molecule has 3 aliphatic heterocycles. The topological polar surface area (TPSA) is 307 Å². The van der Waals surface area contributed by atoms with Crippen molar-refractivity contribution >= 4 is 5.91 Å². The zero-order valence-electron chi connectivity index (χ0n) is 71.9. The standard InChI is InChI=1S/C97H165NO18/c1-3-5-7-9-11-13-15-17-19-21-23-25-27-29-31-33-35-37-38-39-40-41-42-43-45-47-49-51-53-55-57-59-61-63-65-67-69-71-73-75-85(103)98-80(81(102)74-72-70-68-66-64-62-60-58-56-54-52-50-48-46-44-36-34-32-30-28-26-24-22-20-18-16-14-12-10-8-6-4-2)79-111-95-91(109)88(106)93(83(77-100)113-95)116-97-92(110)89(107)94(84(78-101)114-97)115-96-90(108)87(105)86(104)82(76-99)112-96/h5,7,11,13,17,19,23,25,29,31,35,37,39-40,42-43,47,49,56,58,64,66,72,74,80-84,86-97,99-102,104-110H,3-4,6,8-10,12,14-16,18,20-22,24,26-28,30,32-34,36,38,41,44-46,48,50-55,57,59-63,65,67-71,73,75-79H2,1-2H3,(H,98,103)/b7-5-,13-11-,19-17-,25-23-,31-29-,37-35-,40-39-,43-42-,49-47-,58-56+,66-64+,74-72+. The van der Waals surface area contributed by atoms with E-state index in [0.29, 0.717) is 12.8 Å². The molecule has 666 valence electrons. The van der Waals surface area contributed by atoms with E-state index in [0.717, 1.165) is 116 Å². The molecule has 0 saturated carbocycles. The number of ether oxygens (including phenoxy) is 6. The fourth-order valence-electron chi connectivity index (χ4n) is 14.6. The second-order valence-corrected chi connectivity index (χ2v) is 32.0. The second kappa shape index (κ2) is 74.5. The first-order chi connectivity index (χ1) is 56.8. The zero-order valence-corrected chi connectivity index (χ0v) is 71.9. The number of rotatable bonds is 73. The zero-order chi connectivity index (χ0) is 83.8. The lowest BCUT2D eigenvalue weighted by molar-refractivity contribution is -0.379. The normalized spacial score (nSPS) is 25.2. The van der Waals surface area contributed by atoms with E-state index in [9.17, 15) is 61.0 Å². The SMILES string of the molecule is CC/C=C\C/C=C\C/C=C\C/C=C\C/C=C\C/C=C\C/C=C\C/C=C\C/C=C\CCCCCCCCCCCCCC(=O)NC(COC1OC(CO)C(OC2OC(CO)C(OC3OC(CO)C(O)C(O)C3O)C(O)C2O)C(O)C1O)C(O)/C=C/CC/C=C/CC/C=C/CCCCCCCCCCCCCCCCCCCCCCCC. The van der Waals surface area contributed by atoms with Crippen LogP contribution in [0.25, 0.3) is 0 Å². The lowest BCUT2D eigenvalue weighted by atomic mass is 9.96. The summed E-state index contributed by atoms with van der Waals surface area (Å²) in [7, 11) is 0. The predicted molar refractivity (Wildman–Crippen MR) is 470 cm³/mol. The summed E-state index contributed by atoms with van der Waals surface area (Å²) in [4.78, 5) is 13.5. The average Bonchev–Trinajstić information content (AvgIpc) is 0.779. The molecule has 0 aliphatic carbocycles. The molecule has 19 nitrogen and oxygen atoms in total. The largest absolute Gasteiger partial charge is 0.394 e. The third kappa shape index (κ3) is 52.1. The van der Waals surface area contributed by atoms with E-state index in [1.807, 2.05) is 6.08 Å². The van der Waals surface area contributed by atoms with Crippen LogP contribution in [0.15, 0.2) is 146 Å². The first-order valence-electron chi connectivity index (χ1n) is 46.1. The number of carbonyl (C=O) groups is 1. The van der Waals surface area contributed by atoms with Gasteiger partial charge in [0.05, 0.1) is 38.6 Å². The van der Waals surface area contributed by atoms with Gasteiger partial charge in [-0.05, 0) is 116 Å². The van der Waals surface area contributed by atoms with Crippen LogP contribution in [0.2, 0.25) is 0 Å². The Morgan fingerprint density at radius 2 is 0.603 bits per heavy atom. The Hall–Kier alpha value is -4.33. The Kier molecular flexibility index (Phi) is 68.0. The molecule has 12 N–H and O–H groups in total. The molecule has 0 spiro atoms. The smallest absolute Gasteiger partial charge is 0.220 e. The maximum absolute atomic E-state index is 13.5. The van der Waals surface area contributed by atoms with Gasteiger partial charge in [0.15, 0.2) is 18.9 Å². The Morgan fingerprint density at radius 3 is 0.966 bits per heavy atom. The van der Waals surface area contributed by atoms with Gasteiger partial charge in [-0.2, -0.15) is 0 Å². The number of nitrogens with one attached hydrogen (secondary N) is 1. The molecule has 17 unspecified atom stereocenters. The second-order valence-electron chi connectivity index (χ2n) is 32.0. The van der Waals surface area contributed by atoms with Gasteiger partial charge < -0.3 is 89.9 Å². The van der Waals surface area contributed by atoms with Crippen LogP contribution in [0.5, 0.6) is 0 Å². The van der Waals surface area contributed by atoms with Gasteiger partial charge in [-0.1, -0.05) is 352 Å². The van der Waals surface area contributed by atoms with Gasteiger partial charge in [-0.25, -0.2) is 0 Å². The quantitative estimate of drug-likeness (QED) is 0.0199. The molecule has 0 aromatic heterocycles. The van der Waals surface area contributed by atoms with Crippen LogP contribution in [-0.2, 0) is 33.2 Å². The van der Waals surface area contributed by atoms with Crippen LogP contribution in [0, 0.1) is 0 Å². The Bertz CT molecular complexity index is 2670. The van der Waals surface area contributed by atoms with Crippen molar-refractivity contribution in [2.45, 2.75) is 433 Å². The van der Waals surface area contributed by atoms with E-state index in [1.54, 1.807) is 6.08 Å². The molecule has 116 heavy (non-hydrogen) atoms. The van der Waals surface area contributed by atoms with E-state index in [1.165, 1.54) is 180 Å². The fraction of sp³-hybridized carbons (Fsp3) is 0.742. The number of carbonyl (C=O) groups excluding carboxylic acids is 1. The van der Waals surface area contributed by atoms with Gasteiger partial charge in [0.2, 0.25) is 5.91 Å². The van der Waals surface area contributed by atoms with Gasteiger partial charge in [0.25, 0.3) is 0 Å². The highest BCUT2D eigenvalue weighted by Crippen LogP contribution is 2.33. The van der Waals surface area contributed by atoms with Gasteiger partial charge in [-0.3, -0.25) is 4.79 Å². The summed E-state index contributed by atoms with van der Waals surface area (Å²) in [5.41, 5.74) is 0. The van der Waals surface area contributed by atoms with Crippen LogP contribution >= 0.6 is 0 Å². The highest BCUT2D eigenvalue weighted by Gasteiger charge is 2.54. The molecule has 0 aromatic carbocycles. The Morgan fingerprint density at radius 1 is 0.319 bits per heavy atom. The molecule has 3 heterocycles. The molecule has 3 saturated heterocycles. The number of hydrogen-bond donors (Lipinski definition) is 12. The number of amides is 1. The summed E-state index contributed by atoms with van der Waals surface area (Å²) < 4.78 is 34.5. The number of unbranched alkanes of at least 4 members (excludes halogenated alkanes) is 35. The molecule has 0 aromatic rings. The molecule has 3 rings (SSSR count). The molecule has 19 heteroatoms. The molecular formula is C97H165NO18. The predicted octanol–water partition coefficient (Wildman–Crippen LogP) is 18.1. The maximum atomic E-state index is 13.5. The lowest BCUT2D eigenvalue weighted by Crippen LogP contribution is -2.66. The molecule has 3 aliphatic rings. The van der Waals surface area contributed by atoms with E-state index >= 15 is 0 Å². The van der Waals surface area contributed by atoms with Crippen molar-refractivity contribution in [2.75, 3.05) is 26.4 Å². The van der Waals surface area contributed by atoms with Crippen molar-refractivity contribution in [1.29, 1.82) is 0 Å². The van der Waals surface area contributed by atoms with Crippen LogP contribution in [-0.4, -0.2) is 193 Å². The number of aliphatic hydroxyl groups is 11. The first-order valence-corrected chi connectivity index (χ1v) is 46.1. The monoisotopic (exact) mass is 1630 g/mol. The molecule has 0 bridgehead atoms. The molecule has 17 atom stereocenters. The van der Waals surface area contributed by atoms with Crippen LogP contribution in [0.3, 0.4) is 0 Å². The van der Waals surface area contributed by atoms with E-state index in [-0.39, 0.29) is 18.9 Å². The molecule has 1 amide bonds. The minimum absolute atomic E-state index is 0.220. The van der Waals surface area contributed by atoms with Gasteiger partial charge in [0, 0.05) is 6.42 Å².